The van der Waals surface area contributed by atoms with E-state index in [9.17, 15) is 13.6 Å². The normalized spacial score (nSPS) is 11.4. The van der Waals surface area contributed by atoms with Gasteiger partial charge in [0.1, 0.15) is 5.82 Å². The minimum Gasteiger partial charge on any atom is -0.421 e. The van der Waals surface area contributed by atoms with Crippen molar-refractivity contribution in [1.29, 1.82) is 0 Å². The van der Waals surface area contributed by atoms with E-state index in [1.165, 1.54) is 12.4 Å². The first-order valence-electron chi connectivity index (χ1n) is 10.2. The van der Waals surface area contributed by atoms with Crippen LogP contribution in [0.3, 0.4) is 0 Å². The van der Waals surface area contributed by atoms with Gasteiger partial charge in [0, 0.05) is 43.3 Å². The largest absolute Gasteiger partial charge is 0.421 e. The average molecular weight is 468 g/mol. The Morgan fingerprint density at radius 1 is 1.06 bits per heavy atom. The van der Waals surface area contributed by atoms with E-state index in [0.717, 1.165) is 6.07 Å². The number of urea groups is 1. The van der Waals surface area contributed by atoms with Crippen LogP contribution in [-0.2, 0) is 12.6 Å². The number of carbonyl (C=O) groups excluding carboxylic acids is 1. The Labute approximate surface area is 193 Å². The van der Waals surface area contributed by atoms with Gasteiger partial charge in [-0.2, -0.15) is 15.2 Å². The lowest BCUT2D eigenvalue weighted by atomic mass is 10.1. The number of aromatic nitrogens is 6. The van der Waals surface area contributed by atoms with Crippen molar-refractivity contribution in [2.24, 2.45) is 7.05 Å². The van der Waals surface area contributed by atoms with Gasteiger partial charge >= 0.3 is 12.0 Å². The predicted octanol–water partition coefficient (Wildman–Crippen LogP) is 4.54. The standard InChI is InChI=1S/C22H22F2N8O2/c1-22(2,3)32-12-14(10-27-32)28-20(33)29-18-8-19(16(24)7-15(18)23)34-21-25-6-5-17(30-21)13-9-26-31(4)11-13/h5-12H,1-4H3,(H2,28,29,33). The number of hydrogen-bond donors (Lipinski definition) is 2. The number of ether oxygens (including phenoxy) is 1. The number of benzene rings is 1. The molecule has 3 heterocycles. The summed E-state index contributed by atoms with van der Waals surface area (Å²) in [5.41, 5.74) is 1.06. The quantitative estimate of drug-likeness (QED) is 0.445. The van der Waals surface area contributed by atoms with Gasteiger partial charge in [0.2, 0.25) is 0 Å². The highest BCUT2D eigenvalue weighted by atomic mass is 19.1. The van der Waals surface area contributed by atoms with E-state index in [2.05, 4.69) is 30.8 Å². The number of amides is 2. The monoisotopic (exact) mass is 468 g/mol. The molecule has 3 aromatic heterocycles. The fraction of sp³-hybridized carbons (Fsp3) is 0.227. The van der Waals surface area contributed by atoms with Crippen LogP contribution >= 0.6 is 0 Å². The van der Waals surface area contributed by atoms with Gasteiger partial charge in [-0.3, -0.25) is 9.36 Å². The van der Waals surface area contributed by atoms with Gasteiger partial charge in [0.25, 0.3) is 0 Å². The summed E-state index contributed by atoms with van der Waals surface area (Å²) in [5.74, 6) is -2.32. The van der Waals surface area contributed by atoms with Crippen LogP contribution in [0.4, 0.5) is 25.0 Å². The summed E-state index contributed by atoms with van der Waals surface area (Å²) >= 11 is 0. The van der Waals surface area contributed by atoms with Crippen LogP contribution in [0.5, 0.6) is 11.8 Å². The van der Waals surface area contributed by atoms with Gasteiger partial charge in [-0.15, -0.1) is 0 Å². The van der Waals surface area contributed by atoms with E-state index in [1.807, 2.05) is 20.8 Å². The predicted molar refractivity (Wildman–Crippen MR) is 121 cm³/mol. The fourth-order valence-corrected chi connectivity index (χ4v) is 2.94. The Balaban J connectivity index is 1.50. The Morgan fingerprint density at radius 2 is 1.85 bits per heavy atom. The Bertz CT molecular complexity index is 1340. The number of nitrogens with zero attached hydrogens (tertiary/aromatic N) is 6. The molecule has 0 bridgehead atoms. The first-order valence-corrected chi connectivity index (χ1v) is 10.2. The first-order chi connectivity index (χ1) is 16.1. The molecule has 12 heteroatoms. The zero-order valence-corrected chi connectivity index (χ0v) is 18.9. The third-order valence-electron chi connectivity index (χ3n) is 4.63. The van der Waals surface area contributed by atoms with Crippen LogP contribution in [-0.4, -0.2) is 35.6 Å². The van der Waals surface area contributed by atoms with E-state index < -0.39 is 17.7 Å². The summed E-state index contributed by atoms with van der Waals surface area (Å²) in [4.78, 5) is 20.6. The highest BCUT2D eigenvalue weighted by Crippen LogP contribution is 2.29. The lowest BCUT2D eigenvalue weighted by molar-refractivity contribution is 0.262. The topological polar surface area (TPSA) is 112 Å². The minimum absolute atomic E-state index is 0.156. The van der Waals surface area contributed by atoms with Crippen molar-refractivity contribution in [2.75, 3.05) is 10.6 Å². The van der Waals surface area contributed by atoms with E-state index in [-0.39, 0.29) is 23.0 Å². The number of hydrogen-bond acceptors (Lipinski definition) is 6. The second kappa shape index (κ2) is 8.89. The first kappa shape index (κ1) is 22.8. The fourth-order valence-electron chi connectivity index (χ4n) is 2.94. The van der Waals surface area contributed by atoms with Gasteiger partial charge in [-0.1, -0.05) is 0 Å². The Hall–Kier alpha value is -4.35. The molecule has 1 aromatic carbocycles. The number of rotatable bonds is 5. The molecule has 0 spiro atoms. The summed E-state index contributed by atoms with van der Waals surface area (Å²) in [5, 5.41) is 13.1. The summed E-state index contributed by atoms with van der Waals surface area (Å²) < 4.78 is 37.4. The highest BCUT2D eigenvalue weighted by molar-refractivity contribution is 5.99. The zero-order valence-electron chi connectivity index (χ0n) is 18.9. The SMILES string of the molecule is Cn1cc(-c2ccnc(Oc3cc(NC(=O)Nc4cnn(C(C)(C)C)c4)c(F)cc3F)n2)cn1. The highest BCUT2D eigenvalue weighted by Gasteiger charge is 2.17. The Kier molecular flexibility index (Phi) is 5.97. The molecule has 0 saturated heterocycles. The van der Waals surface area contributed by atoms with Crippen molar-refractivity contribution >= 4 is 17.4 Å². The molecule has 0 radical (unpaired) electrons. The minimum atomic E-state index is -0.981. The smallest absolute Gasteiger partial charge is 0.323 e. The van der Waals surface area contributed by atoms with Crippen LogP contribution in [0.1, 0.15) is 20.8 Å². The molecule has 34 heavy (non-hydrogen) atoms. The maximum atomic E-state index is 14.4. The van der Waals surface area contributed by atoms with E-state index >= 15 is 0 Å². The van der Waals surface area contributed by atoms with Gasteiger partial charge in [-0.05, 0) is 26.8 Å². The molecule has 0 saturated carbocycles. The second-order valence-electron chi connectivity index (χ2n) is 8.42. The van der Waals surface area contributed by atoms with Crippen LogP contribution in [0.25, 0.3) is 11.3 Å². The maximum absolute atomic E-state index is 14.4. The van der Waals surface area contributed by atoms with Crippen molar-refractivity contribution in [2.45, 2.75) is 26.3 Å². The number of nitrogens with one attached hydrogen (secondary N) is 2. The van der Waals surface area contributed by atoms with Gasteiger partial charge in [-0.25, -0.2) is 18.6 Å². The molecule has 2 amide bonds. The lowest BCUT2D eigenvalue weighted by Crippen LogP contribution is -2.22. The molecule has 4 rings (SSSR count). The third-order valence-corrected chi connectivity index (χ3v) is 4.63. The molecular formula is C22H22F2N8O2. The number of halogens is 2. The maximum Gasteiger partial charge on any atom is 0.323 e. The second-order valence-corrected chi connectivity index (χ2v) is 8.42. The van der Waals surface area contributed by atoms with Crippen LogP contribution in [0.2, 0.25) is 0 Å². The van der Waals surface area contributed by atoms with Crippen LogP contribution < -0.4 is 15.4 Å². The molecule has 0 fully saturated rings. The number of carbonyl (C=O) groups is 1. The average Bonchev–Trinajstić information content (AvgIpc) is 3.41. The van der Waals surface area contributed by atoms with Crippen molar-refractivity contribution in [3.05, 3.63) is 60.8 Å². The summed E-state index contributed by atoms with van der Waals surface area (Å²) in [6.07, 6.45) is 7.90. The summed E-state index contributed by atoms with van der Waals surface area (Å²) in [7, 11) is 1.76. The third kappa shape index (κ3) is 5.17. The molecular weight excluding hydrogens is 446 g/mol. The van der Waals surface area contributed by atoms with Gasteiger partial charge < -0.3 is 15.4 Å². The van der Waals surface area contributed by atoms with Crippen molar-refractivity contribution in [1.82, 2.24) is 29.5 Å². The van der Waals surface area contributed by atoms with Crippen molar-refractivity contribution in [3.8, 4) is 23.0 Å². The molecule has 176 valence electrons. The van der Waals surface area contributed by atoms with E-state index in [4.69, 9.17) is 4.74 Å². The molecule has 0 unspecified atom stereocenters. The van der Waals surface area contributed by atoms with Gasteiger partial charge in [0.15, 0.2) is 11.6 Å². The summed E-state index contributed by atoms with van der Waals surface area (Å²) in [6.45, 7) is 5.86. The Morgan fingerprint density at radius 3 is 2.53 bits per heavy atom. The molecule has 10 nitrogen and oxygen atoms in total. The molecule has 4 aromatic rings. The van der Waals surface area contributed by atoms with E-state index in [0.29, 0.717) is 23.0 Å². The summed E-state index contributed by atoms with van der Waals surface area (Å²) in [6, 6.07) is 2.37. The molecule has 0 aliphatic rings. The van der Waals surface area contributed by atoms with Crippen LogP contribution in [0, 0.1) is 11.6 Å². The van der Waals surface area contributed by atoms with Crippen molar-refractivity contribution < 1.29 is 18.3 Å². The van der Waals surface area contributed by atoms with Gasteiger partial charge in [0.05, 0.1) is 35.0 Å². The molecule has 2 N–H and O–H groups in total. The lowest BCUT2D eigenvalue weighted by Gasteiger charge is -2.18. The van der Waals surface area contributed by atoms with E-state index in [1.54, 1.807) is 41.1 Å². The zero-order chi connectivity index (χ0) is 24.5. The molecule has 0 atom stereocenters. The van der Waals surface area contributed by atoms with Crippen molar-refractivity contribution in [3.63, 3.8) is 0 Å². The molecule has 0 aliphatic heterocycles. The molecule has 0 aliphatic carbocycles. The number of aryl methyl sites for hydroxylation is 1. The van der Waals surface area contributed by atoms with Crippen LogP contribution in [0.15, 0.2) is 49.2 Å². The number of anilines is 2.